The summed E-state index contributed by atoms with van der Waals surface area (Å²) in [7, 11) is 0. The highest BCUT2D eigenvalue weighted by Gasteiger charge is 2.30. The number of nitrogens with two attached hydrogens (primary N) is 1. The van der Waals surface area contributed by atoms with E-state index in [9.17, 15) is 13.2 Å². The molecule has 0 aliphatic rings. The van der Waals surface area contributed by atoms with Gasteiger partial charge in [0.1, 0.15) is 0 Å². The van der Waals surface area contributed by atoms with Gasteiger partial charge in [-0.15, -0.1) is 11.8 Å². The van der Waals surface area contributed by atoms with Crippen molar-refractivity contribution in [3.8, 4) is 0 Å². The molecule has 1 heterocycles. The molecule has 1 aromatic carbocycles. The zero-order valence-corrected chi connectivity index (χ0v) is 10.6. The average Bonchev–Trinajstić information content (AvgIpc) is 2.36. The Labute approximate surface area is 112 Å². The Morgan fingerprint density at radius 3 is 2.53 bits per heavy atom. The third-order valence-electron chi connectivity index (χ3n) is 2.40. The van der Waals surface area contributed by atoms with Gasteiger partial charge in [-0.2, -0.15) is 13.2 Å². The van der Waals surface area contributed by atoms with Crippen molar-refractivity contribution in [2.75, 3.05) is 5.73 Å². The molecular weight excluding hydrogens is 273 g/mol. The van der Waals surface area contributed by atoms with Gasteiger partial charge in [-0.1, -0.05) is 12.1 Å². The zero-order valence-electron chi connectivity index (χ0n) is 9.82. The third-order valence-corrected chi connectivity index (χ3v) is 3.42. The summed E-state index contributed by atoms with van der Waals surface area (Å²) in [6.45, 7) is 0. The van der Waals surface area contributed by atoms with Crippen LogP contribution in [-0.4, -0.2) is 4.98 Å². The summed E-state index contributed by atoms with van der Waals surface area (Å²) in [5.74, 6) is 0.614. The molecule has 2 rings (SSSR count). The smallest absolute Gasteiger partial charge is 0.399 e. The minimum Gasteiger partial charge on any atom is -0.399 e. The molecular formula is C13H11F3N2S. The fourth-order valence-corrected chi connectivity index (χ4v) is 2.26. The molecule has 0 bridgehead atoms. The largest absolute Gasteiger partial charge is 0.417 e. The lowest BCUT2D eigenvalue weighted by atomic mass is 10.2. The van der Waals surface area contributed by atoms with Crippen LogP contribution in [-0.2, 0) is 11.9 Å². The number of nitrogens with zero attached hydrogens (tertiary/aromatic N) is 1. The van der Waals surface area contributed by atoms with Crippen molar-refractivity contribution in [1.82, 2.24) is 4.98 Å². The Balaban J connectivity index is 2.01. The molecule has 0 spiro atoms. The van der Waals surface area contributed by atoms with Crippen LogP contribution in [0.25, 0.3) is 0 Å². The van der Waals surface area contributed by atoms with Crippen LogP contribution in [0.3, 0.4) is 0 Å². The second-order valence-corrected chi connectivity index (χ2v) is 4.91. The monoisotopic (exact) mass is 284 g/mol. The number of pyridine rings is 1. The topological polar surface area (TPSA) is 38.9 Å². The van der Waals surface area contributed by atoms with Gasteiger partial charge < -0.3 is 5.73 Å². The number of nitrogen functional groups attached to an aromatic ring is 1. The van der Waals surface area contributed by atoms with Crippen molar-refractivity contribution in [3.63, 3.8) is 0 Å². The van der Waals surface area contributed by atoms with Crippen LogP contribution in [0.2, 0.25) is 0 Å². The second kappa shape index (κ2) is 5.52. The quantitative estimate of drug-likeness (QED) is 0.684. The fourth-order valence-electron chi connectivity index (χ4n) is 1.47. The highest BCUT2D eigenvalue weighted by Crippen LogP contribution is 2.30. The summed E-state index contributed by atoms with van der Waals surface area (Å²) in [5.41, 5.74) is 6.58. The molecule has 0 unspecified atom stereocenters. The van der Waals surface area contributed by atoms with E-state index in [2.05, 4.69) is 4.98 Å². The van der Waals surface area contributed by atoms with E-state index in [0.717, 1.165) is 17.8 Å². The maximum atomic E-state index is 12.4. The van der Waals surface area contributed by atoms with Gasteiger partial charge in [0.15, 0.2) is 0 Å². The Morgan fingerprint density at radius 2 is 1.95 bits per heavy atom. The van der Waals surface area contributed by atoms with Crippen molar-refractivity contribution >= 4 is 17.4 Å². The molecule has 6 heteroatoms. The number of thioether (sulfide) groups is 1. The standard InChI is InChI=1S/C13H11F3N2S/c14-13(15,16)10-4-5-12(18-7-10)19-8-9-2-1-3-11(17)6-9/h1-7H,8,17H2. The van der Waals surface area contributed by atoms with Crippen molar-refractivity contribution < 1.29 is 13.2 Å². The number of anilines is 1. The fraction of sp³-hybridized carbons (Fsp3) is 0.154. The van der Waals surface area contributed by atoms with E-state index in [-0.39, 0.29) is 0 Å². The summed E-state index contributed by atoms with van der Waals surface area (Å²) in [5, 5.41) is 0.551. The highest BCUT2D eigenvalue weighted by atomic mass is 32.2. The van der Waals surface area contributed by atoms with Gasteiger partial charge in [0.05, 0.1) is 10.6 Å². The van der Waals surface area contributed by atoms with Crippen LogP contribution < -0.4 is 5.73 Å². The summed E-state index contributed by atoms with van der Waals surface area (Å²) in [6.07, 6.45) is -3.49. The van der Waals surface area contributed by atoms with Gasteiger partial charge in [-0.05, 0) is 29.8 Å². The zero-order chi connectivity index (χ0) is 13.9. The summed E-state index contributed by atoms with van der Waals surface area (Å²) in [6, 6.07) is 9.77. The Morgan fingerprint density at radius 1 is 1.16 bits per heavy atom. The van der Waals surface area contributed by atoms with Crippen LogP contribution in [0.1, 0.15) is 11.1 Å². The lowest BCUT2D eigenvalue weighted by molar-refractivity contribution is -0.137. The summed E-state index contributed by atoms with van der Waals surface area (Å²) >= 11 is 1.37. The number of halogens is 3. The lowest BCUT2D eigenvalue weighted by Crippen LogP contribution is -2.05. The van der Waals surface area contributed by atoms with Crippen LogP contribution in [0, 0.1) is 0 Å². The molecule has 0 fully saturated rings. The molecule has 0 radical (unpaired) electrons. The summed E-state index contributed by atoms with van der Waals surface area (Å²) < 4.78 is 37.1. The summed E-state index contributed by atoms with van der Waals surface area (Å²) in [4.78, 5) is 3.79. The first kappa shape index (κ1) is 13.7. The highest BCUT2D eigenvalue weighted by molar-refractivity contribution is 7.98. The number of hydrogen-bond acceptors (Lipinski definition) is 3. The van der Waals surface area contributed by atoms with Gasteiger partial charge in [-0.3, -0.25) is 0 Å². The van der Waals surface area contributed by atoms with Crippen molar-refractivity contribution in [2.45, 2.75) is 17.0 Å². The molecule has 0 amide bonds. The third kappa shape index (κ3) is 3.89. The number of benzene rings is 1. The predicted octanol–water partition coefficient (Wildman–Crippen LogP) is 3.97. The molecule has 19 heavy (non-hydrogen) atoms. The van der Waals surface area contributed by atoms with Gasteiger partial charge in [0.25, 0.3) is 0 Å². The van der Waals surface area contributed by atoms with E-state index in [1.165, 1.54) is 17.8 Å². The van der Waals surface area contributed by atoms with Crippen molar-refractivity contribution in [1.29, 1.82) is 0 Å². The SMILES string of the molecule is Nc1cccc(CSc2ccc(C(F)(F)F)cn2)c1. The molecule has 100 valence electrons. The maximum Gasteiger partial charge on any atom is 0.417 e. The molecule has 2 nitrogen and oxygen atoms in total. The van der Waals surface area contributed by atoms with Gasteiger partial charge in [0, 0.05) is 17.6 Å². The van der Waals surface area contributed by atoms with Crippen LogP contribution in [0.5, 0.6) is 0 Å². The first-order valence-corrected chi connectivity index (χ1v) is 6.44. The number of alkyl halides is 3. The van der Waals surface area contributed by atoms with E-state index < -0.39 is 11.7 Å². The maximum absolute atomic E-state index is 12.4. The van der Waals surface area contributed by atoms with Crippen LogP contribution in [0.15, 0.2) is 47.6 Å². The Hall–Kier alpha value is -1.69. The Kier molecular flexibility index (Phi) is 3.99. The normalized spacial score (nSPS) is 11.5. The number of aromatic nitrogens is 1. The van der Waals surface area contributed by atoms with Gasteiger partial charge >= 0.3 is 6.18 Å². The first-order chi connectivity index (χ1) is 8.95. The minimum absolute atomic E-state index is 0.551. The number of rotatable bonds is 3. The molecule has 2 aromatic rings. The van der Waals surface area contributed by atoms with E-state index in [1.54, 1.807) is 6.07 Å². The predicted molar refractivity (Wildman–Crippen MR) is 69.7 cm³/mol. The second-order valence-electron chi connectivity index (χ2n) is 3.92. The molecule has 0 saturated heterocycles. The molecule has 0 atom stereocenters. The average molecular weight is 284 g/mol. The van der Waals surface area contributed by atoms with E-state index in [1.807, 2.05) is 18.2 Å². The van der Waals surface area contributed by atoms with Crippen LogP contribution in [0.4, 0.5) is 18.9 Å². The minimum atomic E-state index is -4.34. The molecule has 0 aliphatic heterocycles. The molecule has 2 N–H and O–H groups in total. The van der Waals surface area contributed by atoms with Crippen molar-refractivity contribution in [3.05, 3.63) is 53.7 Å². The molecule has 1 aromatic heterocycles. The van der Waals surface area contributed by atoms with Gasteiger partial charge in [-0.25, -0.2) is 4.98 Å². The Bertz CT molecular complexity index is 553. The molecule has 0 saturated carbocycles. The number of hydrogen-bond donors (Lipinski definition) is 1. The van der Waals surface area contributed by atoms with E-state index in [0.29, 0.717) is 16.5 Å². The van der Waals surface area contributed by atoms with E-state index in [4.69, 9.17) is 5.73 Å². The first-order valence-electron chi connectivity index (χ1n) is 5.45. The molecule has 0 aliphatic carbocycles. The lowest BCUT2D eigenvalue weighted by Gasteiger charge is -2.07. The van der Waals surface area contributed by atoms with Crippen LogP contribution >= 0.6 is 11.8 Å². The van der Waals surface area contributed by atoms with E-state index >= 15 is 0 Å². The van der Waals surface area contributed by atoms with Crippen molar-refractivity contribution in [2.24, 2.45) is 0 Å². The van der Waals surface area contributed by atoms with Gasteiger partial charge in [0.2, 0.25) is 0 Å².